The first-order valence-electron chi connectivity index (χ1n) is 10.2. The van der Waals surface area contributed by atoms with E-state index in [0.717, 1.165) is 35.9 Å². The van der Waals surface area contributed by atoms with Gasteiger partial charge in [0.15, 0.2) is 5.96 Å². The Morgan fingerprint density at radius 3 is 2.40 bits per heavy atom. The quantitative estimate of drug-likeness (QED) is 0.240. The molecule has 30 heavy (non-hydrogen) atoms. The second kappa shape index (κ2) is 11.9. The van der Waals surface area contributed by atoms with Gasteiger partial charge in [-0.05, 0) is 36.2 Å². The van der Waals surface area contributed by atoms with Crippen LogP contribution in [-0.4, -0.2) is 29.4 Å². The van der Waals surface area contributed by atoms with Gasteiger partial charge in [-0.2, -0.15) is 0 Å². The van der Waals surface area contributed by atoms with Crippen molar-refractivity contribution in [3.05, 3.63) is 100 Å². The first-order valence-corrected chi connectivity index (χ1v) is 11.2. The minimum absolute atomic E-state index is 0.0120. The zero-order valence-corrected chi connectivity index (χ0v) is 18.1. The molecule has 2 N–H and O–H groups in total. The van der Waals surface area contributed by atoms with Crippen molar-refractivity contribution in [3.8, 4) is 0 Å². The Kier molecular flexibility index (Phi) is 8.60. The average Bonchev–Trinajstić information content (AvgIpc) is 2.78. The molecular weight excluding hydrogens is 392 g/mol. The van der Waals surface area contributed by atoms with E-state index < -0.39 is 0 Å². The highest BCUT2D eigenvalue weighted by Gasteiger charge is 2.00. The van der Waals surface area contributed by atoms with Crippen LogP contribution in [-0.2, 0) is 13.1 Å². The molecule has 5 nitrogen and oxygen atoms in total. The maximum absolute atomic E-state index is 11.8. The highest BCUT2D eigenvalue weighted by atomic mass is 32.2. The lowest BCUT2D eigenvalue weighted by molar-refractivity contribution is 0.759. The maximum Gasteiger partial charge on any atom is 0.250 e. The van der Waals surface area contributed by atoms with E-state index in [1.807, 2.05) is 30.1 Å². The predicted molar refractivity (Wildman–Crippen MR) is 126 cm³/mol. The Labute approximate surface area is 182 Å². The zero-order valence-electron chi connectivity index (χ0n) is 17.3. The molecule has 0 bridgehead atoms. The number of nitrogens with zero attached hydrogens (tertiary/aromatic N) is 2. The molecule has 1 aromatic heterocycles. The smallest absolute Gasteiger partial charge is 0.250 e. The monoisotopic (exact) mass is 420 g/mol. The number of benzene rings is 2. The van der Waals surface area contributed by atoms with Crippen molar-refractivity contribution in [3.63, 3.8) is 0 Å². The summed E-state index contributed by atoms with van der Waals surface area (Å²) in [4.78, 5) is 17.8. The SMILES string of the molecule is CCNC(=NCc1ccc(Cn2ccccc2=O)cc1)NCCSc1ccccc1. The van der Waals surface area contributed by atoms with E-state index in [1.54, 1.807) is 16.7 Å². The summed E-state index contributed by atoms with van der Waals surface area (Å²) in [5, 5.41) is 6.68. The van der Waals surface area contributed by atoms with Crippen LogP contribution in [0.1, 0.15) is 18.1 Å². The van der Waals surface area contributed by atoms with Crippen LogP contribution in [0.3, 0.4) is 0 Å². The first-order chi connectivity index (χ1) is 14.7. The van der Waals surface area contributed by atoms with Crippen molar-refractivity contribution in [1.82, 2.24) is 15.2 Å². The summed E-state index contributed by atoms with van der Waals surface area (Å²) in [5.41, 5.74) is 2.24. The summed E-state index contributed by atoms with van der Waals surface area (Å²) in [6.07, 6.45) is 1.81. The minimum atomic E-state index is 0.0120. The van der Waals surface area contributed by atoms with Gasteiger partial charge in [0.1, 0.15) is 0 Å². The van der Waals surface area contributed by atoms with Crippen LogP contribution < -0.4 is 16.2 Å². The Morgan fingerprint density at radius 2 is 1.67 bits per heavy atom. The first kappa shape index (κ1) is 21.7. The third-order valence-electron chi connectivity index (χ3n) is 4.45. The summed E-state index contributed by atoms with van der Waals surface area (Å²) in [6.45, 7) is 4.91. The van der Waals surface area contributed by atoms with Crippen molar-refractivity contribution in [2.45, 2.75) is 24.9 Å². The summed E-state index contributed by atoms with van der Waals surface area (Å²) in [6, 6.07) is 23.9. The number of nitrogens with one attached hydrogen (secondary N) is 2. The lowest BCUT2D eigenvalue weighted by atomic mass is 10.1. The minimum Gasteiger partial charge on any atom is -0.357 e. The molecule has 0 saturated heterocycles. The molecule has 0 saturated carbocycles. The molecule has 0 amide bonds. The molecule has 2 aromatic carbocycles. The molecule has 0 aliphatic heterocycles. The van der Waals surface area contributed by atoms with Gasteiger partial charge in [-0.25, -0.2) is 4.99 Å². The van der Waals surface area contributed by atoms with Crippen LogP contribution in [0.2, 0.25) is 0 Å². The summed E-state index contributed by atoms with van der Waals surface area (Å²) in [5.74, 6) is 1.80. The van der Waals surface area contributed by atoms with Gasteiger partial charge in [0.2, 0.25) is 0 Å². The molecule has 0 unspecified atom stereocenters. The number of rotatable bonds is 9. The number of guanidine groups is 1. The Bertz CT molecular complexity index is 984. The van der Waals surface area contributed by atoms with Gasteiger partial charge in [0.25, 0.3) is 5.56 Å². The van der Waals surface area contributed by atoms with E-state index in [1.165, 1.54) is 4.90 Å². The maximum atomic E-state index is 11.8. The molecule has 3 rings (SSSR count). The summed E-state index contributed by atoms with van der Waals surface area (Å²) in [7, 11) is 0. The third-order valence-corrected chi connectivity index (χ3v) is 5.46. The van der Waals surface area contributed by atoms with Crippen molar-refractivity contribution >= 4 is 17.7 Å². The third kappa shape index (κ3) is 7.12. The van der Waals surface area contributed by atoms with Gasteiger partial charge in [0, 0.05) is 36.0 Å². The van der Waals surface area contributed by atoms with Gasteiger partial charge in [-0.1, -0.05) is 48.5 Å². The number of pyridine rings is 1. The van der Waals surface area contributed by atoms with E-state index in [-0.39, 0.29) is 5.56 Å². The topological polar surface area (TPSA) is 58.4 Å². The molecular formula is C24H28N4OS. The molecule has 0 fully saturated rings. The molecule has 6 heteroatoms. The Morgan fingerprint density at radius 1 is 0.933 bits per heavy atom. The van der Waals surface area contributed by atoms with Crippen molar-refractivity contribution in [2.24, 2.45) is 4.99 Å². The Hall–Kier alpha value is -2.99. The number of thioether (sulfide) groups is 1. The van der Waals surface area contributed by atoms with Gasteiger partial charge in [-0.3, -0.25) is 4.79 Å². The molecule has 0 aliphatic rings. The van der Waals surface area contributed by atoms with Gasteiger partial charge in [-0.15, -0.1) is 11.8 Å². The van der Waals surface area contributed by atoms with Crippen LogP contribution in [0, 0.1) is 0 Å². The number of aromatic nitrogens is 1. The number of aliphatic imine (C=N–C) groups is 1. The lowest BCUT2D eigenvalue weighted by Crippen LogP contribution is -2.38. The van der Waals surface area contributed by atoms with Crippen LogP contribution in [0.25, 0.3) is 0 Å². The van der Waals surface area contributed by atoms with E-state index in [0.29, 0.717) is 13.1 Å². The normalized spacial score (nSPS) is 11.3. The van der Waals surface area contributed by atoms with Crippen LogP contribution >= 0.6 is 11.8 Å². The van der Waals surface area contributed by atoms with Gasteiger partial charge < -0.3 is 15.2 Å². The van der Waals surface area contributed by atoms with E-state index >= 15 is 0 Å². The van der Waals surface area contributed by atoms with Gasteiger partial charge in [0.05, 0.1) is 13.1 Å². The lowest BCUT2D eigenvalue weighted by Gasteiger charge is -2.11. The van der Waals surface area contributed by atoms with Crippen molar-refractivity contribution in [1.29, 1.82) is 0 Å². The predicted octanol–water partition coefficient (Wildman–Crippen LogP) is 3.74. The van der Waals surface area contributed by atoms with Crippen molar-refractivity contribution in [2.75, 3.05) is 18.8 Å². The summed E-state index contributed by atoms with van der Waals surface area (Å²) >= 11 is 1.83. The molecule has 0 aliphatic carbocycles. The van der Waals surface area contributed by atoms with Gasteiger partial charge >= 0.3 is 0 Å². The van der Waals surface area contributed by atoms with Crippen LogP contribution in [0.15, 0.2) is 93.7 Å². The second-order valence-corrected chi connectivity index (χ2v) is 7.94. The largest absolute Gasteiger partial charge is 0.357 e. The molecule has 156 valence electrons. The molecule has 3 aromatic rings. The Balaban J connectivity index is 1.50. The van der Waals surface area contributed by atoms with E-state index in [4.69, 9.17) is 0 Å². The van der Waals surface area contributed by atoms with Crippen LogP contribution in [0.5, 0.6) is 0 Å². The fourth-order valence-electron chi connectivity index (χ4n) is 2.91. The second-order valence-electron chi connectivity index (χ2n) is 6.77. The summed E-state index contributed by atoms with van der Waals surface area (Å²) < 4.78 is 1.70. The molecule has 0 atom stereocenters. The van der Waals surface area contributed by atoms with Crippen LogP contribution in [0.4, 0.5) is 0 Å². The highest BCUT2D eigenvalue weighted by Crippen LogP contribution is 2.15. The molecule has 0 radical (unpaired) electrons. The fraction of sp³-hybridized carbons (Fsp3) is 0.250. The standard InChI is InChI=1S/C24H28N4OS/c1-2-25-24(26-15-17-30-22-8-4-3-5-9-22)27-18-20-11-13-21(14-12-20)19-28-16-7-6-10-23(28)29/h3-14,16H,2,15,17-19H2,1H3,(H2,25,26,27). The highest BCUT2D eigenvalue weighted by molar-refractivity contribution is 7.99. The number of hydrogen-bond acceptors (Lipinski definition) is 3. The number of hydrogen-bond donors (Lipinski definition) is 2. The molecule has 1 heterocycles. The van der Waals surface area contributed by atoms with E-state index in [2.05, 4.69) is 71.1 Å². The molecule has 0 spiro atoms. The average molecular weight is 421 g/mol. The fourth-order valence-corrected chi connectivity index (χ4v) is 3.69. The van der Waals surface area contributed by atoms with E-state index in [9.17, 15) is 4.79 Å². The zero-order chi connectivity index (χ0) is 21.0. The van der Waals surface area contributed by atoms with Crippen molar-refractivity contribution < 1.29 is 0 Å².